The van der Waals surface area contributed by atoms with Crippen LogP contribution in [0, 0.1) is 0 Å². The molecule has 1 amide bonds. The maximum absolute atomic E-state index is 12.8. The summed E-state index contributed by atoms with van der Waals surface area (Å²) in [5.41, 5.74) is -0.0239. The summed E-state index contributed by atoms with van der Waals surface area (Å²) in [7, 11) is 0. The van der Waals surface area contributed by atoms with Gasteiger partial charge in [0.2, 0.25) is 0 Å². The van der Waals surface area contributed by atoms with Gasteiger partial charge in [-0.1, -0.05) is 40.5 Å². The first-order chi connectivity index (χ1) is 13.0. The first-order valence-electron chi connectivity index (χ1n) is 10.4. The van der Waals surface area contributed by atoms with Crippen molar-refractivity contribution in [1.29, 1.82) is 0 Å². The molecule has 1 atom stereocenters. The zero-order valence-corrected chi connectivity index (χ0v) is 17.8. The summed E-state index contributed by atoms with van der Waals surface area (Å²) in [6.07, 6.45) is 3.63. The second-order valence-corrected chi connectivity index (χ2v) is 7.04. The predicted octanol–water partition coefficient (Wildman–Crippen LogP) is 4.72. The number of nitrogens with one attached hydrogen (secondary N) is 1. The van der Waals surface area contributed by atoms with Gasteiger partial charge >= 0.3 is 0 Å². The molecule has 0 heterocycles. The molecular formula is C22H38N2O3. The number of anilines is 1. The van der Waals surface area contributed by atoms with E-state index in [2.05, 4.69) is 37.9 Å². The maximum Gasteiger partial charge on any atom is 0.256 e. The van der Waals surface area contributed by atoms with Crippen molar-refractivity contribution in [2.45, 2.75) is 65.9 Å². The van der Waals surface area contributed by atoms with Crippen LogP contribution in [0.5, 0.6) is 5.75 Å². The van der Waals surface area contributed by atoms with Crippen molar-refractivity contribution in [2.75, 3.05) is 38.2 Å². The van der Waals surface area contributed by atoms with E-state index in [4.69, 9.17) is 9.47 Å². The molecule has 0 radical (unpaired) electrons. The van der Waals surface area contributed by atoms with Crippen molar-refractivity contribution in [3.63, 3.8) is 0 Å². The summed E-state index contributed by atoms with van der Waals surface area (Å²) < 4.78 is 11.7. The molecule has 0 aliphatic carbocycles. The Kier molecular flexibility index (Phi) is 11.1. The highest BCUT2D eigenvalue weighted by molar-refractivity contribution is 5.97. The van der Waals surface area contributed by atoms with Crippen LogP contribution in [-0.2, 0) is 9.53 Å². The van der Waals surface area contributed by atoms with Crippen LogP contribution in [0.2, 0.25) is 0 Å². The van der Waals surface area contributed by atoms with E-state index in [0.717, 1.165) is 56.8 Å². The average molecular weight is 379 g/mol. The second-order valence-electron chi connectivity index (χ2n) is 7.04. The van der Waals surface area contributed by atoms with Gasteiger partial charge in [-0.15, -0.1) is 0 Å². The van der Waals surface area contributed by atoms with E-state index in [1.165, 1.54) is 0 Å². The lowest BCUT2D eigenvalue weighted by Gasteiger charge is -2.28. The number of unbranched alkanes of at least 4 members (excludes halogenated alkanes) is 1. The lowest BCUT2D eigenvalue weighted by atomic mass is 9.97. The third kappa shape index (κ3) is 8.31. The van der Waals surface area contributed by atoms with Crippen LogP contribution >= 0.6 is 0 Å². The molecule has 0 spiro atoms. The first-order valence-corrected chi connectivity index (χ1v) is 10.4. The number of nitrogens with zero attached hydrogens (tertiary/aromatic N) is 1. The molecule has 0 saturated carbocycles. The molecule has 5 heteroatoms. The Hall–Kier alpha value is -1.59. The lowest BCUT2D eigenvalue weighted by molar-refractivity contribution is -0.140. The van der Waals surface area contributed by atoms with Crippen LogP contribution in [0.25, 0.3) is 0 Å². The Labute approximate surface area is 165 Å². The lowest BCUT2D eigenvalue weighted by Crippen LogP contribution is -2.43. The van der Waals surface area contributed by atoms with Crippen LogP contribution < -0.4 is 10.1 Å². The third-order valence-corrected chi connectivity index (χ3v) is 4.80. The third-order valence-electron chi connectivity index (χ3n) is 4.80. The van der Waals surface area contributed by atoms with Gasteiger partial charge in [-0.05, 0) is 57.1 Å². The fourth-order valence-corrected chi connectivity index (χ4v) is 2.82. The van der Waals surface area contributed by atoms with Crippen molar-refractivity contribution in [1.82, 2.24) is 4.90 Å². The normalized spacial score (nSPS) is 13.4. The summed E-state index contributed by atoms with van der Waals surface area (Å²) in [5, 5.41) is 2.99. The van der Waals surface area contributed by atoms with Gasteiger partial charge in [-0.25, -0.2) is 0 Å². The number of carbonyl (C=O) groups excluding carboxylic acids is 1. The molecule has 1 aromatic rings. The number of hydrogen-bond donors (Lipinski definition) is 1. The molecule has 1 N–H and O–H groups in total. The highest BCUT2D eigenvalue weighted by atomic mass is 16.5. The van der Waals surface area contributed by atoms with Gasteiger partial charge in [0.25, 0.3) is 5.91 Å². The number of benzene rings is 1. The van der Waals surface area contributed by atoms with Crippen LogP contribution in [-0.4, -0.2) is 49.3 Å². The summed E-state index contributed by atoms with van der Waals surface area (Å²) in [6, 6.07) is 7.55. The minimum Gasteiger partial charge on any atom is -0.492 e. The van der Waals surface area contributed by atoms with Crippen molar-refractivity contribution in [3.05, 3.63) is 24.3 Å². The molecule has 154 valence electrons. The number of likely N-dealkylation sites (N-methyl/N-ethyl adjacent to an activating group) is 1. The first kappa shape index (κ1) is 23.4. The standard InChI is InChI=1S/C22H38N2O3/c1-6-10-15-22(5,27-17-7-2)21(25)23-19-11-13-20(14-12-19)26-18-16-24(8-3)9-4/h11-14H,6-10,15-18H2,1-5H3,(H,23,25). The number of amides is 1. The summed E-state index contributed by atoms with van der Waals surface area (Å²) in [5.74, 6) is 0.732. The molecule has 0 aromatic heterocycles. The van der Waals surface area contributed by atoms with Gasteiger partial charge < -0.3 is 19.7 Å². The Balaban J connectivity index is 2.60. The minimum atomic E-state index is -0.787. The zero-order chi connectivity index (χ0) is 20.1. The Bertz CT molecular complexity index is 519. The summed E-state index contributed by atoms with van der Waals surface area (Å²) in [6.45, 7) is 14.6. The van der Waals surface area contributed by atoms with E-state index < -0.39 is 5.60 Å². The van der Waals surface area contributed by atoms with Gasteiger partial charge in [0.1, 0.15) is 18.0 Å². The fraction of sp³-hybridized carbons (Fsp3) is 0.682. The van der Waals surface area contributed by atoms with Crippen molar-refractivity contribution >= 4 is 11.6 Å². The molecule has 5 nitrogen and oxygen atoms in total. The zero-order valence-electron chi connectivity index (χ0n) is 17.8. The number of hydrogen-bond acceptors (Lipinski definition) is 4. The summed E-state index contributed by atoms with van der Waals surface area (Å²) >= 11 is 0. The highest BCUT2D eigenvalue weighted by Gasteiger charge is 2.33. The summed E-state index contributed by atoms with van der Waals surface area (Å²) in [4.78, 5) is 15.1. The Morgan fingerprint density at radius 2 is 1.70 bits per heavy atom. The fourth-order valence-electron chi connectivity index (χ4n) is 2.82. The van der Waals surface area contributed by atoms with Gasteiger partial charge in [0, 0.05) is 18.8 Å². The van der Waals surface area contributed by atoms with Crippen LogP contribution in [0.4, 0.5) is 5.69 Å². The average Bonchev–Trinajstić information content (AvgIpc) is 2.69. The van der Waals surface area contributed by atoms with Gasteiger partial charge in [-0.2, -0.15) is 0 Å². The molecule has 0 bridgehead atoms. The van der Waals surface area contributed by atoms with Gasteiger partial charge in [0.05, 0.1) is 0 Å². The minimum absolute atomic E-state index is 0.0837. The smallest absolute Gasteiger partial charge is 0.256 e. The van der Waals surface area contributed by atoms with E-state index in [1.54, 1.807) is 0 Å². The number of carbonyl (C=O) groups is 1. The molecule has 0 saturated heterocycles. The molecule has 0 fully saturated rings. The molecule has 1 unspecified atom stereocenters. The highest BCUT2D eigenvalue weighted by Crippen LogP contribution is 2.23. The second kappa shape index (κ2) is 12.7. The van der Waals surface area contributed by atoms with E-state index in [0.29, 0.717) is 13.2 Å². The van der Waals surface area contributed by atoms with Gasteiger partial charge in [-0.3, -0.25) is 4.79 Å². The van der Waals surface area contributed by atoms with E-state index >= 15 is 0 Å². The number of ether oxygens (including phenoxy) is 2. The number of rotatable bonds is 14. The van der Waals surface area contributed by atoms with Crippen molar-refractivity contribution in [2.24, 2.45) is 0 Å². The molecule has 1 aromatic carbocycles. The van der Waals surface area contributed by atoms with Crippen LogP contribution in [0.1, 0.15) is 60.3 Å². The van der Waals surface area contributed by atoms with Crippen molar-refractivity contribution in [3.8, 4) is 5.75 Å². The Morgan fingerprint density at radius 3 is 2.26 bits per heavy atom. The van der Waals surface area contributed by atoms with Crippen LogP contribution in [0.15, 0.2) is 24.3 Å². The Morgan fingerprint density at radius 1 is 1.04 bits per heavy atom. The predicted molar refractivity (Wildman–Crippen MR) is 113 cm³/mol. The maximum atomic E-state index is 12.8. The van der Waals surface area contributed by atoms with Gasteiger partial charge in [0.15, 0.2) is 0 Å². The van der Waals surface area contributed by atoms with E-state index in [-0.39, 0.29) is 5.91 Å². The molecule has 27 heavy (non-hydrogen) atoms. The quantitative estimate of drug-likeness (QED) is 0.509. The van der Waals surface area contributed by atoms with E-state index in [1.807, 2.05) is 31.2 Å². The molecule has 0 aliphatic rings. The topological polar surface area (TPSA) is 50.8 Å². The SMILES string of the molecule is CCCCC(C)(OCCC)C(=O)Nc1ccc(OCCN(CC)CC)cc1. The van der Waals surface area contributed by atoms with E-state index in [9.17, 15) is 4.79 Å². The molecule has 1 rings (SSSR count). The monoisotopic (exact) mass is 378 g/mol. The largest absolute Gasteiger partial charge is 0.492 e. The molecular weight excluding hydrogens is 340 g/mol. The molecule has 0 aliphatic heterocycles. The van der Waals surface area contributed by atoms with Crippen molar-refractivity contribution < 1.29 is 14.3 Å². The van der Waals surface area contributed by atoms with Crippen LogP contribution in [0.3, 0.4) is 0 Å².